The molecule has 3 heterocycles. The van der Waals surface area contributed by atoms with Crippen molar-refractivity contribution >= 4 is 60.8 Å². The van der Waals surface area contributed by atoms with Crippen LogP contribution < -0.4 is 5.56 Å². The number of hydrogen-bond acceptors (Lipinski definition) is 6. The second-order valence-electron chi connectivity index (χ2n) is 8.65. The molecular weight excluding hydrogens is 544 g/mol. The van der Waals surface area contributed by atoms with Crippen molar-refractivity contribution in [3.63, 3.8) is 0 Å². The lowest BCUT2D eigenvalue weighted by Gasteiger charge is -2.13. The van der Waals surface area contributed by atoms with Crippen LogP contribution in [0.3, 0.4) is 0 Å². The summed E-state index contributed by atoms with van der Waals surface area (Å²) in [5.41, 5.74) is 3.57. The van der Waals surface area contributed by atoms with Crippen molar-refractivity contribution in [3.8, 4) is 5.69 Å². The second-order valence-corrected chi connectivity index (χ2v) is 11.6. The van der Waals surface area contributed by atoms with Gasteiger partial charge in [-0.05, 0) is 61.9 Å². The van der Waals surface area contributed by atoms with Crippen LogP contribution in [0, 0.1) is 6.92 Å². The summed E-state index contributed by atoms with van der Waals surface area (Å²) < 4.78 is 4.60. The van der Waals surface area contributed by atoms with Crippen molar-refractivity contribution in [3.05, 3.63) is 84.9 Å². The Morgan fingerprint density at radius 3 is 2.66 bits per heavy atom. The van der Waals surface area contributed by atoms with Crippen molar-refractivity contribution in [2.24, 2.45) is 0 Å². The number of aryl methyl sites for hydroxylation is 3. The van der Waals surface area contributed by atoms with E-state index in [0.29, 0.717) is 16.5 Å². The molecule has 9 heteroatoms. The molecule has 0 saturated heterocycles. The Balaban J connectivity index is 1.53. The maximum absolute atomic E-state index is 13.9. The molecule has 1 aliphatic carbocycles. The van der Waals surface area contributed by atoms with Crippen molar-refractivity contribution in [2.75, 3.05) is 5.75 Å². The summed E-state index contributed by atoms with van der Waals surface area (Å²) in [6.45, 7) is 1.99. The minimum atomic E-state index is -0.0453. The molecule has 0 N–H and O–H groups in total. The summed E-state index contributed by atoms with van der Waals surface area (Å²) in [6, 6.07) is 15.2. The van der Waals surface area contributed by atoms with Gasteiger partial charge >= 0.3 is 0 Å². The van der Waals surface area contributed by atoms with Crippen molar-refractivity contribution in [1.29, 1.82) is 0 Å². The molecule has 176 valence electrons. The molecule has 0 amide bonds. The number of benzene rings is 2. The molecule has 0 unspecified atom stereocenters. The quantitative estimate of drug-likeness (QED) is 0.193. The summed E-state index contributed by atoms with van der Waals surface area (Å²) in [7, 11) is 0. The van der Waals surface area contributed by atoms with Crippen LogP contribution in [0.1, 0.15) is 39.2 Å². The minimum Gasteiger partial charge on any atom is -0.293 e. The fourth-order valence-electron chi connectivity index (χ4n) is 4.69. The summed E-state index contributed by atoms with van der Waals surface area (Å²) in [4.78, 5) is 29.0. The van der Waals surface area contributed by atoms with Gasteiger partial charge in [0, 0.05) is 14.9 Å². The van der Waals surface area contributed by atoms with Gasteiger partial charge in [0.05, 0.1) is 16.8 Å². The molecule has 2 aromatic carbocycles. The number of rotatable bonds is 5. The topological polar surface area (TPSA) is 69.3 Å². The van der Waals surface area contributed by atoms with Gasteiger partial charge in [-0.25, -0.2) is 8.97 Å². The minimum absolute atomic E-state index is 0.0215. The number of halogens is 1. The van der Waals surface area contributed by atoms with Crippen LogP contribution in [0.5, 0.6) is 0 Å². The predicted octanol–water partition coefficient (Wildman–Crippen LogP) is 6.02. The van der Waals surface area contributed by atoms with E-state index in [9.17, 15) is 9.59 Å². The van der Waals surface area contributed by atoms with Gasteiger partial charge in [-0.3, -0.25) is 9.59 Å². The van der Waals surface area contributed by atoms with Gasteiger partial charge in [-0.1, -0.05) is 58.0 Å². The summed E-state index contributed by atoms with van der Waals surface area (Å²) in [5, 5.41) is 10.3. The second kappa shape index (κ2) is 9.04. The average Bonchev–Trinajstić information content (AvgIpc) is 3.46. The van der Waals surface area contributed by atoms with E-state index >= 15 is 0 Å². The van der Waals surface area contributed by atoms with E-state index in [1.807, 2.05) is 59.9 Å². The molecule has 5 aromatic rings. The number of ketones is 1. The van der Waals surface area contributed by atoms with E-state index in [-0.39, 0.29) is 17.1 Å². The van der Waals surface area contributed by atoms with E-state index in [0.717, 1.165) is 51.6 Å². The lowest BCUT2D eigenvalue weighted by Crippen LogP contribution is -2.23. The first kappa shape index (κ1) is 22.7. The molecule has 3 aromatic heterocycles. The van der Waals surface area contributed by atoms with Gasteiger partial charge in [0.15, 0.2) is 10.9 Å². The van der Waals surface area contributed by atoms with E-state index in [1.165, 1.54) is 22.2 Å². The molecule has 0 spiro atoms. The SMILES string of the molecule is Cc1ccccc1-n1c(=O)c2c3c(sc2n2c(SCC(=O)c4ccc(Br)cc4)nnc12)CCCC3. The molecule has 0 fully saturated rings. The fraction of sp³-hybridized carbons (Fsp3) is 0.231. The zero-order valence-corrected chi connectivity index (χ0v) is 22.2. The summed E-state index contributed by atoms with van der Waals surface area (Å²) >= 11 is 6.44. The van der Waals surface area contributed by atoms with Crippen LogP contribution in [0.2, 0.25) is 0 Å². The first-order chi connectivity index (χ1) is 17.0. The fourth-order valence-corrected chi connectivity index (χ4v) is 7.22. The van der Waals surface area contributed by atoms with Gasteiger partial charge in [-0.15, -0.1) is 21.5 Å². The third-order valence-electron chi connectivity index (χ3n) is 6.44. The molecule has 6 rings (SSSR count). The van der Waals surface area contributed by atoms with E-state index < -0.39 is 0 Å². The van der Waals surface area contributed by atoms with Crippen molar-refractivity contribution in [2.45, 2.75) is 37.8 Å². The third kappa shape index (κ3) is 3.86. The maximum atomic E-state index is 13.9. The first-order valence-electron chi connectivity index (χ1n) is 11.4. The van der Waals surface area contributed by atoms with Gasteiger partial charge in [-0.2, -0.15) is 0 Å². The molecule has 35 heavy (non-hydrogen) atoms. The monoisotopic (exact) mass is 564 g/mol. The number of fused-ring (bicyclic) bond motifs is 5. The van der Waals surface area contributed by atoms with E-state index in [4.69, 9.17) is 0 Å². The standard InChI is InChI=1S/C26H21BrN4O2S2/c1-15-6-2-4-8-19(15)30-23(33)22-18-7-3-5-9-21(18)35-24(22)31-25(30)28-29-26(31)34-14-20(32)16-10-12-17(27)13-11-16/h2,4,6,8,10-13H,3,5,7,9,14H2,1H3. The molecule has 0 atom stereocenters. The molecule has 0 aliphatic heterocycles. The lowest BCUT2D eigenvalue weighted by atomic mass is 9.97. The Kier molecular flexibility index (Phi) is 5.86. The van der Waals surface area contributed by atoms with Crippen LogP contribution in [-0.4, -0.2) is 30.7 Å². The number of carbonyl (C=O) groups excluding carboxylic acids is 1. The van der Waals surface area contributed by atoms with Crippen LogP contribution >= 0.6 is 39.0 Å². The third-order valence-corrected chi connectivity index (χ3v) is 9.18. The largest absolute Gasteiger partial charge is 0.293 e. The normalized spacial score (nSPS) is 13.4. The summed E-state index contributed by atoms with van der Waals surface area (Å²) in [5.74, 6) is 0.737. The van der Waals surface area contributed by atoms with Gasteiger partial charge < -0.3 is 0 Å². The number of Topliss-reactive ketones (excluding diaryl/α,β-unsaturated/α-hetero) is 1. The lowest BCUT2D eigenvalue weighted by molar-refractivity contribution is 0.102. The van der Waals surface area contributed by atoms with Gasteiger partial charge in [0.1, 0.15) is 4.83 Å². The number of nitrogens with zero attached hydrogens (tertiary/aromatic N) is 4. The number of carbonyl (C=O) groups is 1. The molecule has 6 nitrogen and oxygen atoms in total. The zero-order valence-electron chi connectivity index (χ0n) is 19.0. The van der Waals surface area contributed by atoms with Crippen LogP contribution in [0.4, 0.5) is 0 Å². The molecule has 1 aliphatic rings. The number of thiophene rings is 1. The Hall–Kier alpha value is -2.75. The molecule has 0 radical (unpaired) electrons. The number of aromatic nitrogens is 4. The summed E-state index contributed by atoms with van der Waals surface area (Å²) in [6.07, 6.45) is 4.13. The van der Waals surface area contributed by atoms with E-state index in [2.05, 4.69) is 26.1 Å². The predicted molar refractivity (Wildman–Crippen MR) is 145 cm³/mol. The Morgan fingerprint density at radius 1 is 1.09 bits per heavy atom. The average molecular weight is 566 g/mol. The number of thioether (sulfide) groups is 1. The maximum Gasteiger partial charge on any atom is 0.268 e. The van der Waals surface area contributed by atoms with Gasteiger partial charge in [0.25, 0.3) is 5.56 Å². The molecular formula is C26H21BrN4O2S2. The zero-order chi connectivity index (χ0) is 24.1. The Labute approximate surface area is 218 Å². The highest BCUT2D eigenvalue weighted by Gasteiger charge is 2.26. The molecule has 0 saturated carbocycles. The van der Waals surface area contributed by atoms with Gasteiger partial charge in [0.2, 0.25) is 5.78 Å². The number of hydrogen-bond donors (Lipinski definition) is 0. The smallest absolute Gasteiger partial charge is 0.268 e. The molecule has 0 bridgehead atoms. The van der Waals surface area contributed by atoms with Crippen molar-refractivity contribution in [1.82, 2.24) is 19.2 Å². The van der Waals surface area contributed by atoms with Crippen LogP contribution in [-0.2, 0) is 12.8 Å². The highest BCUT2D eigenvalue weighted by molar-refractivity contribution is 9.10. The van der Waals surface area contributed by atoms with Crippen LogP contribution in [0.25, 0.3) is 21.7 Å². The van der Waals surface area contributed by atoms with E-state index in [1.54, 1.807) is 15.9 Å². The Morgan fingerprint density at radius 2 is 1.86 bits per heavy atom. The Bertz CT molecular complexity index is 1670. The highest BCUT2D eigenvalue weighted by Crippen LogP contribution is 2.37. The van der Waals surface area contributed by atoms with Crippen LogP contribution in [0.15, 0.2) is 63.0 Å². The first-order valence-corrected chi connectivity index (χ1v) is 14.0. The number of para-hydroxylation sites is 1. The highest BCUT2D eigenvalue weighted by atomic mass is 79.9. The van der Waals surface area contributed by atoms with Crippen molar-refractivity contribution < 1.29 is 4.79 Å².